The zero-order valence-corrected chi connectivity index (χ0v) is 10.9. The van der Waals surface area contributed by atoms with Crippen molar-refractivity contribution in [2.75, 3.05) is 17.7 Å². The second kappa shape index (κ2) is 5.10. The summed E-state index contributed by atoms with van der Waals surface area (Å²) in [5.74, 6) is -0.710. The number of carbonyl (C=O) groups excluding carboxylic acids is 1. The lowest BCUT2D eigenvalue weighted by atomic mass is 10.1. The van der Waals surface area contributed by atoms with E-state index in [1.807, 2.05) is 0 Å². The summed E-state index contributed by atoms with van der Waals surface area (Å²) in [7, 11) is 1.62. The van der Waals surface area contributed by atoms with E-state index in [1.165, 1.54) is 17.0 Å². The number of hydrogen-bond donors (Lipinski definition) is 1. The van der Waals surface area contributed by atoms with Gasteiger partial charge in [0.15, 0.2) is 0 Å². The Kier molecular flexibility index (Phi) is 3.51. The van der Waals surface area contributed by atoms with Gasteiger partial charge in [0.2, 0.25) is 0 Å². The molecule has 98 valence electrons. The minimum Gasteiger partial charge on any atom is -0.397 e. The van der Waals surface area contributed by atoms with Crippen molar-refractivity contribution < 1.29 is 9.18 Å². The molecule has 0 saturated carbocycles. The predicted molar refractivity (Wildman–Crippen MR) is 74.7 cm³/mol. The van der Waals surface area contributed by atoms with Crippen molar-refractivity contribution in [3.63, 3.8) is 0 Å². The highest BCUT2D eigenvalue weighted by atomic mass is 19.1. The van der Waals surface area contributed by atoms with Crippen LogP contribution in [0.5, 0.6) is 0 Å². The molecule has 0 atom stereocenters. The first-order chi connectivity index (χ1) is 9.00. The highest BCUT2D eigenvalue weighted by Crippen LogP contribution is 2.23. The first kappa shape index (κ1) is 13.1. The lowest BCUT2D eigenvalue weighted by molar-refractivity contribution is 0.0992. The van der Waals surface area contributed by atoms with Crippen molar-refractivity contribution in [1.29, 1.82) is 0 Å². The van der Waals surface area contributed by atoms with Gasteiger partial charge < -0.3 is 10.6 Å². The summed E-state index contributed by atoms with van der Waals surface area (Å²) in [4.78, 5) is 13.8. The first-order valence-corrected chi connectivity index (χ1v) is 5.89. The highest BCUT2D eigenvalue weighted by Gasteiger charge is 2.17. The molecule has 0 fully saturated rings. The van der Waals surface area contributed by atoms with Gasteiger partial charge in [-0.2, -0.15) is 0 Å². The first-order valence-electron chi connectivity index (χ1n) is 5.89. The minimum atomic E-state index is -0.427. The number of benzene rings is 2. The van der Waals surface area contributed by atoms with Gasteiger partial charge in [0.1, 0.15) is 5.82 Å². The Labute approximate surface area is 111 Å². The number of halogens is 1. The average Bonchev–Trinajstić information content (AvgIpc) is 2.40. The van der Waals surface area contributed by atoms with Crippen molar-refractivity contribution >= 4 is 17.3 Å². The van der Waals surface area contributed by atoms with E-state index in [0.29, 0.717) is 16.9 Å². The summed E-state index contributed by atoms with van der Waals surface area (Å²) >= 11 is 0. The minimum absolute atomic E-state index is 0.282. The maximum Gasteiger partial charge on any atom is 0.258 e. The second-order valence-electron chi connectivity index (χ2n) is 4.38. The number of nitrogens with zero attached hydrogens (tertiary/aromatic N) is 1. The number of hydrogen-bond acceptors (Lipinski definition) is 2. The Morgan fingerprint density at radius 3 is 2.58 bits per heavy atom. The number of nitrogen functional groups attached to an aromatic ring is 1. The van der Waals surface area contributed by atoms with Crippen LogP contribution in [0.25, 0.3) is 0 Å². The van der Waals surface area contributed by atoms with E-state index < -0.39 is 5.82 Å². The molecule has 2 rings (SSSR count). The van der Waals surface area contributed by atoms with Gasteiger partial charge in [0.25, 0.3) is 5.91 Å². The third-order valence-electron chi connectivity index (χ3n) is 3.03. The van der Waals surface area contributed by atoms with Crippen molar-refractivity contribution in [2.24, 2.45) is 0 Å². The fraction of sp³-hybridized carbons (Fsp3) is 0.133. The molecular formula is C15H15FN2O. The molecule has 3 nitrogen and oxygen atoms in total. The predicted octanol–water partition coefficient (Wildman–Crippen LogP) is 2.99. The quantitative estimate of drug-likeness (QED) is 0.842. The molecule has 0 unspecified atom stereocenters. The molecule has 4 heteroatoms. The summed E-state index contributed by atoms with van der Waals surface area (Å²) in [6.07, 6.45) is 0. The van der Waals surface area contributed by atoms with Gasteiger partial charge >= 0.3 is 0 Å². The molecule has 0 aromatic heterocycles. The monoisotopic (exact) mass is 258 g/mol. The van der Waals surface area contributed by atoms with Crippen LogP contribution in [0.4, 0.5) is 15.8 Å². The molecule has 0 aliphatic rings. The van der Waals surface area contributed by atoms with Crippen molar-refractivity contribution in [3.8, 4) is 0 Å². The number of carbonyl (C=O) groups is 1. The van der Waals surface area contributed by atoms with Gasteiger partial charge in [-0.05, 0) is 36.8 Å². The van der Waals surface area contributed by atoms with Gasteiger partial charge in [-0.15, -0.1) is 0 Å². The molecule has 0 bridgehead atoms. The zero-order chi connectivity index (χ0) is 14.0. The van der Waals surface area contributed by atoms with Crippen LogP contribution in [0.15, 0.2) is 42.5 Å². The van der Waals surface area contributed by atoms with Gasteiger partial charge in [-0.25, -0.2) is 4.39 Å². The van der Waals surface area contributed by atoms with Gasteiger partial charge in [-0.1, -0.05) is 18.2 Å². The molecule has 1 amide bonds. The van der Waals surface area contributed by atoms with E-state index in [0.717, 1.165) is 5.56 Å². The molecule has 0 aliphatic carbocycles. The number of para-hydroxylation sites is 2. The van der Waals surface area contributed by atoms with Crippen LogP contribution in [0.1, 0.15) is 15.9 Å². The Hall–Kier alpha value is -2.36. The largest absolute Gasteiger partial charge is 0.397 e. The van der Waals surface area contributed by atoms with Crippen molar-refractivity contribution in [3.05, 3.63) is 59.4 Å². The standard InChI is InChI=1S/C15H15FN2O/c1-10-7-8-11(16)9-12(10)15(19)18(2)14-6-4-3-5-13(14)17/h3-9H,17H2,1-2H3. The number of nitrogens with two attached hydrogens (primary N) is 1. The lowest BCUT2D eigenvalue weighted by Crippen LogP contribution is -2.27. The second-order valence-corrected chi connectivity index (χ2v) is 4.38. The molecule has 2 N–H and O–H groups in total. The number of amides is 1. The fourth-order valence-corrected chi connectivity index (χ4v) is 1.91. The third kappa shape index (κ3) is 2.57. The summed E-state index contributed by atoms with van der Waals surface area (Å²) in [5.41, 5.74) is 8.02. The van der Waals surface area contributed by atoms with E-state index in [4.69, 9.17) is 5.73 Å². The van der Waals surface area contributed by atoms with Gasteiger partial charge in [0, 0.05) is 12.6 Å². The molecule has 19 heavy (non-hydrogen) atoms. The van der Waals surface area contributed by atoms with E-state index >= 15 is 0 Å². The summed E-state index contributed by atoms with van der Waals surface area (Å²) in [6, 6.07) is 11.2. The molecule has 2 aromatic carbocycles. The number of aryl methyl sites for hydroxylation is 1. The van der Waals surface area contributed by atoms with Crippen LogP contribution in [-0.4, -0.2) is 13.0 Å². The molecule has 0 aliphatic heterocycles. The summed E-state index contributed by atoms with van der Waals surface area (Å²) in [5, 5.41) is 0. The van der Waals surface area contributed by atoms with E-state index in [1.54, 1.807) is 44.3 Å². The van der Waals surface area contributed by atoms with Crippen LogP contribution in [0.2, 0.25) is 0 Å². The van der Waals surface area contributed by atoms with Crippen molar-refractivity contribution in [2.45, 2.75) is 6.92 Å². The van der Waals surface area contributed by atoms with Crippen molar-refractivity contribution in [1.82, 2.24) is 0 Å². The highest BCUT2D eigenvalue weighted by molar-refractivity contribution is 6.08. The van der Waals surface area contributed by atoms with E-state index in [-0.39, 0.29) is 5.91 Å². The molecule has 0 saturated heterocycles. The molecule has 2 aromatic rings. The Bertz CT molecular complexity index is 625. The van der Waals surface area contributed by atoms with Crippen LogP contribution in [-0.2, 0) is 0 Å². The van der Waals surface area contributed by atoms with Crippen LogP contribution >= 0.6 is 0 Å². The Morgan fingerprint density at radius 2 is 1.89 bits per heavy atom. The normalized spacial score (nSPS) is 10.3. The topological polar surface area (TPSA) is 46.3 Å². The lowest BCUT2D eigenvalue weighted by Gasteiger charge is -2.20. The van der Waals surface area contributed by atoms with Gasteiger partial charge in [-0.3, -0.25) is 4.79 Å². The smallest absolute Gasteiger partial charge is 0.258 e. The molecule has 0 heterocycles. The number of rotatable bonds is 2. The number of anilines is 2. The van der Waals surface area contributed by atoms with Crippen LogP contribution in [0.3, 0.4) is 0 Å². The maximum atomic E-state index is 13.3. The van der Waals surface area contributed by atoms with Crippen LogP contribution in [0, 0.1) is 12.7 Å². The SMILES string of the molecule is Cc1ccc(F)cc1C(=O)N(C)c1ccccc1N. The van der Waals surface area contributed by atoms with Crippen LogP contribution < -0.4 is 10.6 Å². The average molecular weight is 258 g/mol. The van der Waals surface area contributed by atoms with E-state index in [2.05, 4.69) is 0 Å². The summed E-state index contributed by atoms with van der Waals surface area (Å²) in [6.45, 7) is 1.77. The summed E-state index contributed by atoms with van der Waals surface area (Å²) < 4.78 is 13.3. The zero-order valence-electron chi connectivity index (χ0n) is 10.9. The Balaban J connectivity index is 2.39. The van der Waals surface area contributed by atoms with Gasteiger partial charge in [0.05, 0.1) is 11.4 Å². The maximum absolute atomic E-state index is 13.3. The fourth-order valence-electron chi connectivity index (χ4n) is 1.91. The molecular weight excluding hydrogens is 243 g/mol. The van der Waals surface area contributed by atoms with E-state index in [9.17, 15) is 9.18 Å². The third-order valence-corrected chi connectivity index (χ3v) is 3.03. The molecule has 0 spiro atoms. The Morgan fingerprint density at radius 1 is 1.21 bits per heavy atom. The molecule has 0 radical (unpaired) electrons.